The molecule has 1 heterocycles. The van der Waals surface area contributed by atoms with E-state index in [0.717, 1.165) is 18.0 Å². The summed E-state index contributed by atoms with van der Waals surface area (Å²) >= 11 is 0.990. The van der Waals surface area contributed by atoms with Crippen molar-refractivity contribution in [3.05, 3.63) is 22.5 Å². The number of carbonyl (C=O) groups is 1. The van der Waals surface area contributed by atoms with Gasteiger partial charge in [-0.1, -0.05) is 0 Å². The fraction of sp³-hybridized carbons (Fsp3) is 0.286. The third-order valence-corrected chi connectivity index (χ3v) is 2.09. The van der Waals surface area contributed by atoms with Crippen molar-refractivity contribution in [3.63, 3.8) is 0 Å². The number of nitrogens with zero attached hydrogens (tertiary/aromatic N) is 2. The smallest absolute Gasteiger partial charge is 0.349 e. The summed E-state index contributed by atoms with van der Waals surface area (Å²) in [4.78, 5) is 24.7. The van der Waals surface area contributed by atoms with Crippen molar-refractivity contribution in [1.29, 1.82) is 0 Å². The van der Waals surface area contributed by atoms with Gasteiger partial charge >= 0.3 is 11.7 Å². The topological polar surface area (TPSA) is 72.2 Å². The van der Waals surface area contributed by atoms with Crippen LogP contribution in [0.25, 0.3) is 0 Å². The fourth-order valence-electron chi connectivity index (χ4n) is 0.854. The van der Waals surface area contributed by atoms with Crippen molar-refractivity contribution < 1.29 is 14.3 Å². The minimum Gasteiger partial charge on any atom is -0.480 e. The highest BCUT2D eigenvalue weighted by Crippen LogP contribution is 2.12. The standard InChI is InChI=1S/C7H7FN2O3S/c1-14-6-4(8)2-10(3-5(11)12)7(13)9-6/h2H,3H2,1H3,(H,11,12). The number of thioether (sulfide) groups is 1. The first-order valence-corrected chi connectivity index (χ1v) is 4.80. The molecule has 7 heteroatoms. The van der Waals surface area contributed by atoms with E-state index in [4.69, 9.17) is 5.11 Å². The van der Waals surface area contributed by atoms with Crippen LogP contribution in [0.4, 0.5) is 4.39 Å². The van der Waals surface area contributed by atoms with Crippen molar-refractivity contribution in [1.82, 2.24) is 9.55 Å². The van der Waals surface area contributed by atoms with E-state index in [1.165, 1.54) is 0 Å². The van der Waals surface area contributed by atoms with Gasteiger partial charge in [-0.2, -0.15) is 4.98 Å². The third-order valence-electron chi connectivity index (χ3n) is 1.42. The molecule has 1 aromatic rings. The molecule has 1 aromatic heterocycles. The van der Waals surface area contributed by atoms with Gasteiger partial charge in [0.15, 0.2) is 5.82 Å². The Morgan fingerprint density at radius 2 is 2.43 bits per heavy atom. The summed E-state index contributed by atoms with van der Waals surface area (Å²) in [7, 11) is 0. The lowest BCUT2D eigenvalue weighted by Gasteiger charge is -2.02. The van der Waals surface area contributed by atoms with Crippen molar-refractivity contribution >= 4 is 17.7 Å². The summed E-state index contributed by atoms with van der Waals surface area (Å²) in [6.45, 7) is -0.586. The zero-order valence-electron chi connectivity index (χ0n) is 7.23. The number of hydrogen-bond donors (Lipinski definition) is 1. The number of aromatic nitrogens is 2. The van der Waals surface area contributed by atoms with E-state index in [-0.39, 0.29) is 5.03 Å². The minimum absolute atomic E-state index is 0.0309. The normalized spacial score (nSPS) is 10.1. The molecule has 0 saturated heterocycles. The maximum absolute atomic E-state index is 13.0. The second kappa shape index (κ2) is 4.23. The Kier molecular flexibility index (Phi) is 3.23. The van der Waals surface area contributed by atoms with Crippen LogP contribution in [0.15, 0.2) is 16.0 Å². The lowest BCUT2D eigenvalue weighted by atomic mass is 10.5. The number of hydrogen-bond acceptors (Lipinski definition) is 4. The quantitative estimate of drug-likeness (QED) is 0.579. The first-order valence-electron chi connectivity index (χ1n) is 3.57. The Hall–Kier alpha value is -1.37. The SMILES string of the molecule is CSc1nc(=O)n(CC(=O)O)cc1F. The molecule has 0 aliphatic carbocycles. The Morgan fingerprint density at radius 1 is 1.79 bits per heavy atom. The van der Waals surface area contributed by atoms with Crippen LogP contribution in [-0.4, -0.2) is 26.9 Å². The van der Waals surface area contributed by atoms with E-state index in [1.807, 2.05) is 0 Å². The first-order chi connectivity index (χ1) is 6.54. The maximum atomic E-state index is 13.0. The Morgan fingerprint density at radius 3 is 2.93 bits per heavy atom. The van der Waals surface area contributed by atoms with Crippen molar-refractivity contribution in [2.75, 3.05) is 6.26 Å². The minimum atomic E-state index is -1.22. The number of carboxylic acids is 1. The first kappa shape index (κ1) is 10.7. The molecule has 14 heavy (non-hydrogen) atoms. The predicted molar refractivity (Wildman–Crippen MR) is 47.9 cm³/mol. The molecule has 0 unspecified atom stereocenters. The van der Waals surface area contributed by atoms with Gasteiger partial charge in [0.2, 0.25) is 0 Å². The van der Waals surface area contributed by atoms with E-state index in [9.17, 15) is 14.0 Å². The molecule has 1 N–H and O–H groups in total. The van der Waals surface area contributed by atoms with Gasteiger partial charge in [0.05, 0.1) is 0 Å². The largest absolute Gasteiger partial charge is 0.480 e. The average molecular weight is 218 g/mol. The summed E-state index contributed by atoms with van der Waals surface area (Å²) in [5.41, 5.74) is -0.766. The van der Waals surface area contributed by atoms with Crippen molar-refractivity contribution in [2.45, 2.75) is 11.6 Å². The van der Waals surface area contributed by atoms with E-state index < -0.39 is 24.0 Å². The average Bonchev–Trinajstić information content (AvgIpc) is 2.10. The Balaban J connectivity index is 3.15. The van der Waals surface area contributed by atoms with Crippen LogP contribution in [0.5, 0.6) is 0 Å². The molecule has 0 radical (unpaired) electrons. The number of halogens is 1. The molecular formula is C7H7FN2O3S. The molecule has 0 atom stereocenters. The second-order valence-electron chi connectivity index (χ2n) is 2.40. The number of aliphatic carboxylic acids is 1. The van der Waals surface area contributed by atoms with E-state index >= 15 is 0 Å². The van der Waals surface area contributed by atoms with Gasteiger partial charge in [-0.3, -0.25) is 9.36 Å². The van der Waals surface area contributed by atoms with Gasteiger partial charge in [0, 0.05) is 6.20 Å². The summed E-state index contributed by atoms with van der Waals surface area (Å²) < 4.78 is 13.8. The molecule has 0 amide bonds. The van der Waals surface area contributed by atoms with Crippen LogP contribution in [0, 0.1) is 5.82 Å². The second-order valence-corrected chi connectivity index (χ2v) is 3.20. The molecule has 0 aliphatic heterocycles. The van der Waals surface area contributed by atoms with E-state index in [0.29, 0.717) is 4.57 Å². The molecule has 0 fully saturated rings. The van der Waals surface area contributed by atoms with Crippen LogP contribution >= 0.6 is 11.8 Å². The van der Waals surface area contributed by atoms with Gasteiger partial charge in [-0.25, -0.2) is 9.18 Å². The van der Waals surface area contributed by atoms with Crippen molar-refractivity contribution in [2.24, 2.45) is 0 Å². The van der Waals surface area contributed by atoms with Gasteiger partial charge < -0.3 is 5.11 Å². The molecule has 0 bridgehead atoms. The van der Waals surface area contributed by atoms with Crippen LogP contribution in [0.1, 0.15) is 0 Å². The molecule has 0 aliphatic rings. The summed E-state index contributed by atoms with van der Waals surface area (Å²) in [5.74, 6) is -1.91. The number of carboxylic acid groups (broad SMARTS) is 1. The molecule has 0 aromatic carbocycles. The van der Waals surface area contributed by atoms with Crippen LogP contribution in [0.2, 0.25) is 0 Å². The van der Waals surface area contributed by atoms with Crippen LogP contribution in [0.3, 0.4) is 0 Å². The molecule has 76 valence electrons. The molecule has 0 saturated carbocycles. The van der Waals surface area contributed by atoms with Gasteiger partial charge in [-0.05, 0) is 6.26 Å². The number of rotatable bonds is 3. The lowest BCUT2D eigenvalue weighted by molar-refractivity contribution is -0.137. The molecule has 0 spiro atoms. The summed E-state index contributed by atoms with van der Waals surface area (Å²) in [6.07, 6.45) is 2.42. The maximum Gasteiger partial charge on any atom is 0.349 e. The summed E-state index contributed by atoms with van der Waals surface area (Å²) in [5, 5.41) is 8.36. The van der Waals surface area contributed by atoms with E-state index in [1.54, 1.807) is 6.26 Å². The Bertz CT molecular complexity index is 418. The highest BCUT2D eigenvalue weighted by molar-refractivity contribution is 7.98. The highest BCUT2D eigenvalue weighted by Gasteiger charge is 2.09. The third kappa shape index (κ3) is 2.32. The fourth-order valence-corrected chi connectivity index (χ4v) is 1.27. The van der Waals surface area contributed by atoms with Gasteiger partial charge in [-0.15, -0.1) is 11.8 Å². The van der Waals surface area contributed by atoms with Gasteiger partial charge in [0.1, 0.15) is 11.6 Å². The molecule has 1 rings (SSSR count). The zero-order chi connectivity index (χ0) is 10.7. The monoisotopic (exact) mass is 218 g/mol. The Labute approximate surface area is 82.6 Å². The molecular weight excluding hydrogens is 211 g/mol. The van der Waals surface area contributed by atoms with E-state index in [2.05, 4.69) is 4.98 Å². The van der Waals surface area contributed by atoms with Crippen molar-refractivity contribution in [3.8, 4) is 0 Å². The predicted octanol–water partition coefficient (Wildman–Crippen LogP) is 0.189. The lowest BCUT2D eigenvalue weighted by Crippen LogP contribution is -2.27. The zero-order valence-corrected chi connectivity index (χ0v) is 8.05. The highest BCUT2D eigenvalue weighted by atomic mass is 32.2. The molecule has 5 nitrogen and oxygen atoms in total. The van der Waals surface area contributed by atoms with Gasteiger partial charge in [0.25, 0.3) is 0 Å². The van der Waals surface area contributed by atoms with Crippen LogP contribution in [-0.2, 0) is 11.3 Å². The van der Waals surface area contributed by atoms with Crippen LogP contribution < -0.4 is 5.69 Å². The summed E-state index contributed by atoms with van der Waals surface area (Å²) in [6, 6.07) is 0.